The molecule has 1 atom stereocenters. The summed E-state index contributed by atoms with van der Waals surface area (Å²) in [5, 5.41) is 11.1. The number of rotatable bonds is 4. The van der Waals surface area contributed by atoms with Crippen molar-refractivity contribution in [2.45, 2.75) is 39.3 Å². The first kappa shape index (κ1) is 17.5. The smallest absolute Gasteiger partial charge is 0.421 e. The van der Waals surface area contributed by atoms with Gasteiger partial charge in [-0.2, -0.15) is 0 Å². The van der Waals surface area contributed by atoms with Crippen molar-refractivity contribution in [3.8, 4) is 0 Å². The van der Waals surface area contributed by atoms with E-state index in [4.69, 9.17) is 9.84 Å². The largest absolute Gasteiger partial charge is 0.464 e. The van der Waals surface area contributed by atoms with E-state index in [1.807, 2.05) is 0 Å². The van der Waals surface area contributed by atoms with Crippen molar-refractivity contribution in [1.29, 1.82) is 0 Å². The molecule has 19 heavy (non-hydrogen) atoms. The van der Waals surface area contributed by atoms with Gasteiger partial charge in [0.25, 0.3) is 0 Å². The van der Waals surface area contributed by atoms with Crippen molar-refractivity contribution in [1.82, 2.24) is 9.62 Å². The van der Waals surface area contributed by atoms with Crippen LogP contribution in [0.5, 0.6) is 0 Å². The fourth-order valence-corrected chi connectivity index (χ4v) is 1.94. The highest BCUT2D eigenvalue weighted by Crippen LogP contribution is 2.07. The number of sulfonamides is 1. The highest BCUT2D eigenvalue weighted by molar-refractivity contribution is 7.88. The molecule has 0 fully saturated rings. The van der Waals surface area contributed by atoms with Crippen LogP contribution < -0.4 is 5.32 Å². The molecular weight excluding hydrogens is 276 g/mol. The van der Waals surface area contributed by atoms with Crippen LogP contribution in [0, 0.1) is 0 Å². The van der Waals surface area contributed by atoms with Crippen molar-refractivity contribution in [2.24, 2.45) is 0 Å². The molecule has 0 aromatic rings. The van der Waals surface area contributed by atoms with Crippen molar-refractivity contribution in [3.05, 3.63) is 0 Å². The van der Waals surface area contributed by atoms with Crippen LogP contribution in [0.15, 0.2) is 0 Å². The van der Waals surface area contributed by atoms with Crippen LogP contribution in [-0.4, -0.2) is 54.5 Å². The molecule has 0 saturated heterocycles. The van der Waals surface area contributed by atoms with Crippen LogP contribution in [0.2, 0.25) is 0 Å². The standard InChI is InChI=1S/C10H20N2O6S/c1-7(11-8(13)18-10(2,3)4)6-12(9(14)15)19(5,16)17/h7H,6H2,1-5H3,(H,11,13)(H,14,15). The second kappa shape index (κ2) is 6.09. The molecule has 0 aromatic carbocycles. The van der Waals surface area contributed by atoms with E-state index in [0.29, 0.717) is 0 Å². The maximum atomic E-state index is 11.4. The van der Waals surface area contributed by atoms with Crippen LogP contribution in [0.1, 0.15) is 27.7 Å². The molecule has 2 N–H and O–H groups in total. The minimum absolute atomic E-state index is 0.259. The lowest BCUT2D eigenvalue weighted by molar-refractivity contribution is 0.0502. The first-order chi connectivity index (χ1) is 8.33. The molecule has 9 heteroatoms. The van der Waals surface area contributed by atoms with Gasteiger partial charge in [-0.05, 0) is 27.7 Å². The van der Waals surface area contributed by atoms with Crippen molar-refractivity contribution in [2.75, 3.05) is 12.8 Å². The molecule has 0 radical (unpaired) electrons. The van der Waals surface area contributed by atoms with Gasteiger partial charge in [0.05, 0.1) is 12.8 Å². The highest BCUT2D eigenvalue weighted by atomic mass is 32.2. The number of carbonyl (C=O) groups is 2. The number of nitrogens with one attached hydrogen (secondary N) is 1. The summed E-state index contributed by atoms with van der Waals surface area (Å²) < 4.78 is 27.7. The monoisotopic (exact) mass is 296 g/mol. The molecule has 0 rings (SSSR count). The van der Waals surface area contributed by atoms with E-state index >= 15 is 0 Å². The average Bonchev–Trinajstić information content (AvgIpc) is 2.07. The number of hydrogen-bond donors (Lipinski definition) is 2. The zero-order valence-electron chi connectivity index (χ0n) is 11.6. The Morgan fingerprint density at radius 1 is 1.37 bits per heavy atom. The lowest BCUT2D eigenvalue weighted by Gasteiger charge is -2.24. The summed E-state index contributed by atoms with van der Waals surface area (Å²) in [5.74, 6) is 0. The Balaban J connectivity index is 4.57. The fraction of sp³-hybridized carbons (Fsp3) is 0.800. The van der Waals surface area contributed by atoms with Crippen molar-refractivity contribution in [3.63, 3.8) is 0 Å². The van der Waals surface area contributed by atoms with Crippen molar-refractivity contribution < 1.29 is 27.9 Å². The fourth-order valence-electron chi connectivity index (χ4n) is 1.16. The van der Waals surface area contributed by atoms with Gasteiger partial charge < -0.3 is 15.2 Å². The third-order valence-corrected chi connectivity index (χ3v) is 2.92. The van der Waals surface area contributed by atoms with Crippen LogP contribution in [-0.2, 0) is 14.8 Å². The Morgan fingerprint density at radius 3 is 2.16 bits per heavy atom. The summed E-state index contributed by atoms with van der Waals surface area (Å²) in [7, 11) is -3.89. The summed E-state index contributed by atoms with van der Waals surface area (Å²) >= 11 is 0. The maximum Gasteiger partial charge on any atom is 0.421 e. The summed E-state index contributed by atoms with van der Waals surface area (Å²) in [6.45, 7) is 6.13. The minimum atomic E-state index is -3.89. The first-order valence-electron chi connectivity index (χ1n) is 5.53. The quantitative estimate of drug-likeness (QED) is 0.794. The average molecular weight is 296 g/mol. The summed E-state index contributed by atoms with van der Waals surface area (Å²) in [6, 6.07) is -0.708. The molecule has 8 nitrogen and oxygen atoms in total. The number of carboxylic acid groups (broad SMARTS) is 1. The van der Waals surface area contributed by atoms with Gasteiger partial charge >= 0.3 is 12.2 Å². The molecular formula is C10H20N2O6S. The summed E-state index contributed by atoms with van der Waals surface area (Å²) in [6.07, 6.45) is -1.56. The van der Waals surface area contributed by atoms with Gasteiger partial charge in [0.1, 0.15) is 5.60 Å². The van der Waals surface area contributed by atoms with Crippen LogP contribution in [0.25, 0.3) is 0 Å². The molecule has 0 aliphatic carbocycles. The first-order valence-corrected chi connectivity index (χ1v) is 7.38. The Hall–Kier alpha value is -1.51. The number of ether oxygens (including phenoxy) is 1. The zero-order chi connectivity index (χ0) is 15.4. The number of hydrogen-bond acceptors (Lipinski definition) is 5. The molecule has 0 aliphatic rings. The molecule has 2 amide bonds. The summed E-state index contributed by atoms with van der Waals surface area (Å²) in [4.78, 5) is 22.2. The minimum Gasteiger partial charge on any atom is -0.464 e. The van der Waals surface area contributed by atoms with Gasteiger partial charge in [0, 0.05) is 6.04 Å². The number of amides is 2. The SMILES string of the molecule is CC(CN(C(=O)O)S(C)(=O)=O)NC(=O)OC(C)(C)C. The lowest BCUT2D eigenvalue weighted by Crippen LogP contribution is -2.47. The molecule has 0 saturated carbocycles. The Kier molecular flexibility index (Phi) is 5.61. The third kappa shape index (κ3) is 7.50. The van der Waals surface area contributed by atoms with E-state index in [1.165, 1.54) is 6.92 Å². The molecule has 112 valence electrons. The maximum absolute atomic E-state index is 11.4. The molecule has 0 aromatic heterocycles. The zero-order valence-corrected chi connectivity index (χ0v) is 12.4. The van der Waals surface area contributed by atoms with Gasteiger partial charge in [0.15, 0.2) is 0 Å². The number of carbonyl (C=O) groups excluding carboxylic acids is 1. The van der Waals surface area contributed by atoms with Gasteiger partial charge in [-0.15, -0.1) is 0 Å². The van der Waals surface area contributed by atoms with Crippen molar-refractivity contribution >= 4 is 22.2 Å². The second-order valence-corrected chi connectivity index (χ2v) is 7.03. The second-order valence-electron chi connectivity index (χ2n) is 5.12. The molecule has 0 spiro atoms. The number of alkyl carbamates (subject to hydrolysis) is 1. The third-order valence-electron chi connectivity index (χ3n) is 1.82. The number of nitrogens with zero attached hydrogens (tertiary/aromatic N) is 1. The molecule has 0 heterocycles. The summed E-state index contributed by atoms with van der Waals surface area (Å²) in [5.41, 5.74) is -0.687. The topological polar surface area (TPSA) is 113 Å². The predicted octanol–water partition coefficient (Wildman–Crippen LogP) is 0.839. The van der Waals surface area contributed by atoms with Gasteiger partial charge in [-0.25, -0.2) is 22.3 Å². The van der Waals surface area contributed by atoms with Crippen LogP contribution in [0.3, 0.4) is 0 Å². The van der Waals surface area contributed by atoms with Gasteiger partial charge in [0.2, 0.25) is 10.0 Å². The normalized spacial score (nSPS) is 13.5. The van der Waals surface area contributed by atoms with Gasteiger partial charge in [-0.3, -0.25) is 0 Å². The van der Waals surface area contributed by atoms with Crippen LogP contribution in [0.4, 0.5) is 9.59 Å². The van der Waals surface area contributed by atoms with Gasteiger partial charge in [-0.1, -0.05) is 0 Å². The van der Waals surface area contributed by atoms with E-state index in [0.717, 1.165) is 6.26 Å². The highest BCUT2D eigenvalue weighted by Gasteiger charge is 2.26. The lowest BCUT2D eigenvalue weighted by atomic mass is 10.2. The Labute approximate surface area is 112 Å². The molecule has 1 unspecified atom stereocenters. The Morgan fingerprint density at radius 2 is 1.84 bits per heavy atom. The van der Waals surface area contributed by atoms with E-state index in [2.05, 4.69) is 5.32 Å². The van der Waals surface area contributed by atoms with E-state index < -0.39 is 33.9 Å². The van der Waals surface area contributed by atoms with E-state index in [9.17, 15) is 18.0 Å². The van der Waals surface area contributed by atoms with Crippen LogP contribution >= 0.6 is 0 Å². The molecule has 0 aliphatic heterocycles. The van der Waals surface area contributed by atoms with E-state index in [1.54, 1.807) is 20.8 Å². The van der Waals surface area contributed by atoms with E-state index in [-0.39, 0.29) is 10.8 Å². The predicted molar refractivity (Wildman–Crippen MR) is 68.4 cm³/mol. The Bertz CT molecular complexity index is 439. The molecule has 0 bridgehead atoms.